The number of phosphoric acid groups is 1. The Hall–Kier alpha value is -3.89. The van der Waals surface area contributed by atoms with Crippen molar-refractivity contribution in [2.24, 2.45) is 0 Å². The van der Waals surface area contributed by atoms with Gasteiger partial charge < -0.3 is 24.6 Å². The van der Waals surface area contributed by atoms with Gasteiger partial charge in [-0.2, -0.15) is 0 Å². The quantitative estimate of drug-likeness (QED) is 0.0183. The number of unbranched alkanes of at least 4 members (excludes halogenated alkanes) is 4. The summed E-state index contributed by atoms with van der Waals surface area (Å²) in [5.41, 5.74) is 0. The normalized spacial score (nSPS) is 15.2. The number of hydrogen-bond acceptors (Lipinski definition) is 9. The van der Waals surface area contributed by atoms with Crippen LogP contribution >= 0.6 is 7.82 Å². The highest BCUT2D eigenvalue weighted by Gasteiger charge is 2.27. The van der Waals surface area contributed by atoms with E-state index in [0.29, 0.717) is 19.3 Å². The van der Waals surface area contributed by atoms with Gasteiger partial charge in [-0.15, -0.1) is 0 Å². The fourth-order valence-corrected chi connectivity index (χ4v) is 5.34. The van der Waals surface area contributed by atoms with Crippen molar-refractivity contribution in [3.63, 3.8) is 0 Å². The van der Waals surface area contributed by atoms with Crippen molar-refractivity contribution < 1.29 is 47.8 Å². The third kappa shape index (κ3) is 40.3. The molecule has 0 heterocycles. The molecule has 0 radical (unpaired) electrons. The number of carbonyl (C=O) groups is 2. The van der Waals surface area contributed by atoms with Crippen molar-refractivity contribution in [3.8, 4) is 0 Å². The van der Waals surface area contributed by atoms with Gasteiger partial charge in [0, 0.05) is 12.8 Å². The van der Waals surface area contributed by atoms with Crippen LogP contribution in [0, 0.1) is 0 Å². The minimum atomic E-state index is -4.65. The molecule has 58 heavy (non-hydrogen) atoms. The molecule has 0 aromatic carbocycles. The average molecular weight is 827 g/mol. The summed E-state index contributed by atoms with van der Waals surface area (Å²) in [5, 5.41) is 18.3. The zero-order chi connectivity index (χ0) is 42.6. The SMILES string of the molecule is CC/C=C/C=C/C=C/C=C/C=C/CCCC(=O)OC(COC(=O)CCCCC/C=C/C/C=C/C/C=C/C/C=C/C/C=C/C/C=C/CC)COP(=O)(O)OC[C@H](O)CO. The Labute approximate surface area is 349 Å². The van der Waals surface area contributed by atoms with Crippen molar-refractivity contribution in [2.75, 3.05) is 26.4 Å². The lowest BCUT2D eigenvalue weighted by molar-refractivity contribution is -0.161. The van der Waals surface area contributed by atoms with E-state index in [9.17, 15) is 24.2 Å². The third-order valence-corrected chi connectivity index (χ3v) is 8.63. The van der Waals surface area contributed by atoms with Crippen LogP contribution < -0.4 is 0 Å². The molecule has 0 saturated carbocycles. The molecule has 0 fully saturated rings. The first-order valence-corrected chi connectivity index (χ1v) is 22.2. The largest absolute Gasteiger partial charge is 0.472 e. The summed E-state index contributed by atoms with van der Waals surface area (Å²) in [5.74, 6) is -1.07. The average Bonchev–Trinajstić information content (AvgIpc) is 3.21. The van der Waals surface area contributed by atoms with E-state index in [4.69, 9.17) is 19.1 Å². The number of aliphatic hydroxyl groups excluding tert-OH is 2. The number of esters is 2. The van der Waals surface area contributed by atoms with Gasteiger partial charge in [0.05, 0.1) is 19.8 Å². The van der Waals surface area contributed by atoms with Crippen LogP contribution in [0.15, 0.2) is 134 Å². The van der Waals surface area contributed by atoms with E-state index in [1.807, 2.05) is 54.7 Å². The molecule has 0 aliphatic heterocycles. The summed E-state index contributed by atoms with van der Waals surface area (Å²) in [4.78, 5) is 34.9. The minimum Gasteiger partial charge on any atom is -0.462 e. The van der Waals surface area contributed by atoms with Gasteiger partial charge in [-0.05, 0) is 77.0 Å². The van der Waals surface area contributed by atoms with Crippen LogP contribution in [0.5, 0.6) is 0 Å². The van der Waals surface area contributed by atoms with E-state index >= 15 is 0 Å². The van der Waals surface area contributed by atoms with E-state index in [0.717, 1.165) is 64.2 Å². The second kappa shape index (κ2) is 41.3. The molecular weight excluding hydrogens is 755 g/mol. The Bertz CT molecular complexity index is 1410. The van der Waals surface area contributed by atoms with Crippen molar-refractivity contribution in [2.45, 2.75) is 122 Å². The second-order valence-electron chi connectivity index (χ2n) is 13.0. The van der Waals surface area contributed by atoms with E-state index in [1.54, 1.807) is 0 Å². The molecule has 2 unspecified atom stereocenters. The van der Waals surface area contributed by atoms with Gasteiger partial charge in [0.1, 0.15) is 12.7 Å². The fourth-order valence-electron chi connectivity index (χ4n) is 4.55. The molecular formula is C47H71O10P. The van der Waals surface area contributed by atoms with Gasteiger partial charge in [-0.1, -0.05) is 154 Å². The Morgan fingerprint density at radius 3 is 1.55 bits per heavy atom. The van der Waals surface area contributed by atoms with Crippen LogP contribution in [-0.4, -0.2) is 65.7 Å². The van der Waals surface area contributed by atoms with Crippen LogP contribution in [0.3, 0.4) is 0 Å². The summed E-state index contributed by atoms with van der Waals surface area (Å²) in [6.45, 7) is 1.95. The molecule has 0 saturated heterocycles. The monoisotopic (exact) mass is 826 g/mol. The number of hydrogen-bond donors (Lipinski definition) is 3. The Balaban J connectivity index is 4.48. The number of carbonyl (C=O) groups excluding carboxylic acids is 2. The Morgan fingerprint density at radius 2 is 1.00 bits per heavy atom. The zero-order valence-electron chi connectivity index (χ0n) is 34.9. The van der Waals surface area contributed by atoms with Gasteiger partial charge in [0.25, 0.3) is 0 Å². The summed E-state index contributed by atoms with van der Waals surface area (Å²) >= 11 is 0. The van der Waals surface area contributed by atoms with E-state index in [2.05, 4.69) is 97.4 Å². The topological polar surface area (TPSA) is 149 Å². The highest BCUT2D eigenvalue weighted by molar-refractivity contribution is 7.47. The summed E-state index contributed by atoms with van der Waals surface area (Å²) in [6.07, 6.45) is 54.4. The maximum Gasteiger partial charge on any atom is 0.472 e. The highest BCUT2D eigenvalue weighted by Crippen LogP contribution is 2.43. The Morgan fingerprint density at radius 1 is 0.534 bits per heavy atom. The van der Waals surface area contributed by atoms with Crippen LogP contribution in [-0.2, 0) is 32.7 Å². The minimum absolute atomic E-state index is 0.0707. The molecule has 0 amide bonds. The smallest absolute Gasteiger partial charge is 0.462 e. The van der Waals surface area contributed by atoms with Crippen molar-refractivity contribution in [1.82, 2.24) is 0 Å². The molecule has 10 nitrogen and oxygen atoms in total. The summed E-state index contributed by atoms with van der Waals surface area (Å²) in [6, 6.07) is 0. The van der Waals surface area contributed by atoms with E-state index in [1.165, 1.54) is 0 Å². The van der Waals surface area contributed by atoms with Crippen molar-refractivity contribution in [1.29, 1.82) is 0 Å². The molecule has 0 aliphatic rings. The lowest BCUT2D eigenvalue weighted by Gasteiger charge is -2.20. The molecule has 11 heteroatoms. The number of rotatable bonds is 36. The van der Waals surface area contributed by atoms with Crippen LogP contribution in [0.2, 0.25) is 0 Å². The van der Waals surface area contributed by atoms with Crippen LogP contribution in [0.4, 0.5) is 0 Å². The molecule has 0 aliphatic carbocycles. The number of phosphoric ester groups is 1. The van der Waals surface area contributed by atoms with Crippen molar-refractivity contribution in [3.05, 3.63) is 134 Å². The van der Waals surface area contributed by atoms with E-state index in [-0.39, 0.29) is 19.4 Å². The molecule has 0 aromatic rings. The van der Waals surface area contributed by atoms with Gasteiger partial charge in [-0.3, -0.25) is 18.6 Å². The molecule has 324 valence electrons. The van der Waals surface area contributed by atoms with Gasteiger partial charge in [0.2, 0.25) is 0 Å². The molecule has 3 N–H and O–H groups in total. The summed E-state index contributed by atoms with van der Waals surface area (Å²) in [7, 11) is -4.65. The zero-order valence-corrected chi connectivity index (χ0v) is 35.8. The Kier molecular flexibility index (Phi) is 38.5. The molecule has 0 rings (SSSR count). The number of aliphatic hydroxyl groups is 2. The lowest BCUT2D eigenvalue weighted by Crippen LogP contribution is -2.29. The third-order valence-electron chi connectivity index (χ3n) is 7.68. The fraction of sp³-hybridized carbons (Fsp3) is 0.489. The maximum absolute atomic E-state index is 12.5. The van der Waals surface area contributed by atoms with Crippen LogP contribution in [0.1, 0.15) is 110 Å². The molecule has 3 atom stereocenters. The standard InChI is InChI=1S/C47H71O10P/c1-3-5-7-9-11-13-15-17-18-19-20-21-22-23-24-25-27-28-30-32-34-36-38-46(50)54-42-45(43-56-58(52,53)55-41-44(49)40-48)57-47(51)39-37-35-33-31-29-26-16-14-12-10-8-6-4-2/h5-8,10-14,16-18,20-21,23-24,26-29,31,33,44-45,48-49H,3-4,9,15,19,22,25,30,32,34-43H2,1-2H3,(H,52,53)/b7-5+,8-6+,12-10+,13-11+,16-14+,18-17+,21-20+,24-23+,28-27+,29-26+,33-31+/t44-,45?/m1/s1. The van der Waals surface area contributed by atoms with Crippen molar-refractivity contribution >= 4 is 19.8 Å². The first-order chi connectivity index (χ1) is 28.2. The van der Waals surface area contributed by atoms with Gasteiger partial charge >= 0.3 is 19.8 Å². The van der Waals surface area contributed by atoms with E-state index < -0.39 is 51.8 Å². The second-order valence-corrected chi connectivity index (χ2v) is 14.5. The molecule has 0 spiro atoms. The predicted octanol–water partition coefficient (Wildman–Crippen LogP) is 10.9. The van der Waals surface area contributed by atoms with Crippen LogP contribution in [0.25, 0.3) is 0 Å². The van der Waals surface area contributed by atoms with Gasteiger partial charge in [0.15, 0.2) is 6.10 Å². The maximum atomic E-state index is 12.5. The summed E-state index contributed by atoms with van der Waals surface area (Å²) < 4.78 is 32.5. The number of ether oxygens (including phenoxy) is 2. The predicted molar refractivity (Wildman–Crippen MR) is 237 cm³/mol. The molecule has 0 aromatic heterocycles. The molecule has 0 bridgehead atoms. The first kappa shape index (κ1) is 54.1. The lowest BCUT2D eigenvalue weighted by atomic mass is 10.1. The number of allylic oxidation sites excluding steroid dienone is 22. The van der Waals surface area contributed by atoms with Gasteiger partial charge in [-0.25, -0.2) is 4.57 Å². The highest BCUT2D eigenvalue weighted by atomic mass is 31.2. The first-order valence-electron chi connectivity index (χ1n) is 20.7.